The standard InChI is InChI=1S/C52H86N16O17/c1-26(2)16-32(44(77)58-20-38(73)57-21-41(76)67-43(29(7)71)51(84)85)62-39(74)23-60-50(83)42(28(5)6)68-47(80)33(17-27(3)4)65-49(82)36(25-70)66-46(79)31(14-11-15-56-52(54)55)64-48(81)35(24-69)63-40(75)22-59-45(78)34(61-37(72)19-53)18-30-12-9-8-10-13-30/h8-10,12-13,26-29,31-36,42-43,69-71H,11,14-25,53H2,1-7H3,(H,57,73)(H,58,77)(H,59,78)(H,60,83)(H,61,72)(H,62,74)(H,63,75)(H,64,81)(H,65,82)(H,66,79)(H,67,76)(H,68,80)(H,84,85)(H4,54,55,56)/t29-,31+,32+,33+,34+,35+,36+,42+,43+/m1/s1. The average molecular weight is 1210 g/mol. The maximum atomic E-state index is 13.9. The Bertz CT molecular complexity index is 2460. The number of carboxylic acids is 1. The summed E-state index contributed by atoms with van der Waals surface area (Å²) < 4.78 is 0. The summed E-state index contributed by atoms with van der Waals surface area (Å²) in [5.41, 5.74) is 16.9. The highest BCUT2D eigenvalue weighted by molar-refractivity contribution is 5.98. The monoisotopic (exact) mass is 1210 g/mol. The number of nitrogens with two attached hydrogens (primary N) is 3. The summed E-state index contributed by atoms with van der Waals surface area (Å²) in [6.07, 6.45) is -1.52. The molecule has 0 unspecified atom stereocenters. The van der Waals surface area contributed by atoms with Gasteiger partial charge in [-0.3, -0.25) is 62.5 Å². The molecule has 0 heterocycles. The van der Waals surface area contributed by atoms with Crippen LogP contribution in [0.5, 0.6) is 0 Å². The summed E-state index contributed by atoms with van der Waals surface area (Å²) in [6.45, 7) is 5.97. The molecule has 0 bridgehead atoms. The van der Waals surface area contributed by atoms with E-state index < -0.39 is 183 Å². The van der Waals surface area contributed by atoms with E-state index in [4.69, 9.17) is 22.3 Å². The number of nitrogens with zero attached hydrogens (tertiary/aromatic N) is 1. The van der Waals surface area contributed by atoms with Crippen molar-refractivity contribution < 1.29 is 82.8 Å². The Morgan fingerprint density at radius 3 is 1.40 bits per heavy atom. The Morgan fingerprint density at radius 2 is 0.906 bits per heavy atom. The maximum absolute atomic E-state index is 13.9. The number of rotatable bonds is 39. The quantitative estimate of drug-likeness (QED) is 0.0165. The van der Waals surface area contributed by atoms with E-state index >= 15 is 0 Å². The van der Waals surface area contributed by atoms with E-state index in [1.54, 1.807) is 71.9 Å². The summed E-state index contributed by atoms with van der Waals surface area (Å²) in [5.74, 6) is -13.6. The van der Waals surface area contributed by atoms with Gasteiger partial charge in [-0.2, -0.15) is 0 Å². The van der Waals surface area contributed by atoms with Crippen LogP contribution in [0.1, 0.15) is 79.7 Å². The number of nitrogens with one attached hydrogen (secondary N) is 12. The van der Waals surface area contributed by atoms with Gasteiger partial charge < -0.3 is 101 Å². The van der Waals surface area contributed by atoms with Gasteiger partial charge in [0, 0.05) is 13.0 Å². The number of carboxylic acid groups (broad SMARTS) is 1. The maximum Gasteiger partial charge on any atom is 0.328 e. The molecule has 1 aromatic rings. The van der Waals surface area contributed by atoms with E-state index in [1.807, 2.05) is 5.32 Å². The highest BCUT2D eigenvalue weighted by Crippen LogP contribution is 2.11. The Morgan fingerprint density at radius 1 is 0.482 bits per heavy atom. The van der Waals surface area contributed by atoms with Crippen LogP contribution in [0.15, 0.2) is 35.3 Å². The third kappa shape index (κ3) is 30.0. The van der Waals surface area contributed by atoms with Gasteiger partial charge in [0.1, 0.15) is 42.3 Å². The summed E-state index contributed by atoms with van der Waals surface area (Å²) in [4.78, 5) is 172. The lowest BCUT2D eigenvalue weighted by Crippen LogP contribution is -2.61. The number of hydrogen-bond acceptors (Lipinski definition) is 18. The second-order valence-corrected chi connectivity index (χ2v) is 20.8. The lowest BCUT2D eigenvalue weighted by Gasteiger charge is -2.28. The normalized spacial score (nSPS) is 14.1. The van der Waals surface area contributed by atoms with Crippen LogP contribution < -0.4 is 81.0 Å². The fourth-order valence-corrected chi connectivity index (χ4v) is 7.69. The summed E-state index contributed by atoms with van der Waals surface area (Å²) in [5, 5.41) is 67.4. The van der Waals surface area contributed by atoms with Gasteiger partial charge in [0.2, 0.25) is 70.9 Å². The Balaban J connectivity index is 3.10. The number of carbonyl (C=O) groups excluding carboxylic acids is 12. The topological polar surface area (TPSA) is 538 Å². The van der Waals surface area contributed by atoms with Crippen molar-refractivity contribution in [2.75, 3.05) is 52.5 Å². The zero-order valence-electron chi connectivity index (χ0n) is 48.8. The minimum Gasteiger partial charge on any atom is -0.480 e. The van der Waals surface area contributed by atoms with E-state index in [0.717, 1.165) is 6.92 Å². The minimum atomic E-state index is -1.76. The first-order valence-corrected chi connectivity index (χ1v) is 27.3. The number of amides is 12. The number of aliphatic carboxylic acids is 1. The third-order valence-corrected chi connectivity index (χ3v) is 12.1. The first kappa shape index (κ1) is 74.5. The molecule has 0 fully saturated rings. The number of hydrogen-bond donors (Lipinski definition) is 19. The molecule has 476 valence electrons. The molecular formula is C52H86N16O17. The molecule has 0 radical (unpaired) electrons. The van der Waals surface area contributed by atoms with Crippen molar-refractivity contribution >= 4 is 82.8 Å². The molecule has 22 N–H and O–H groups in total. The minimum absolute atomic E-state index is 0.0352. The van der Waals surface area contributed by atoms with Crippen molar-refractivity contribution in [2.45, 2.75) is 135 Å². The van der Waals surface area contributed by atoms with Gasteiger partial charge >= 0.3 is 5.97 Å². The van der Waals surface area contributed by atoms with E-state index in [-0.39, 0.29) is 56.4 Å². The highest BCUT2D eigenvalue weighted by Gasteiger charge is 2.34. The second-order valence-electron chi connectivity index (χ2n) is 20.8. The van der Waals surface area contributed by atoms with E-state index in [2.05, 4.69) is 63.5 Å². The second kappa shape index (κ2) is 39.1. The van der Waals surface area contributed by atoms with Crippen molar-refractivity contribution in [3.05, 3.63) is 35.9 Å². The first-order valence-electron chi connectivity index (χ1n) is 27.3. The van der Waals surface area contributed by atoms with Gasteiger partial charge in [-0.25, -0.2) is 4.79 Å². The van der Waals surface area contributed by atoms with Crippen LogP contribution in [-0.2, 0) is 68.7 Å². The van der Waals surface area contributed by atoms with E-state index in [9.17, 15) is 77.6 Å². The molecule has 85 heavy (non-hydrogen) atoms. The highest BCUT2D eigenvalue weighted by atomic mass is 16.4. The number of benzene rings is 1. The molecule has 0 aliphatic heterocycles. The number of guanidine groups is 1. The van der Waals surface area contributed by atoms with Crippen LogP contribution in [0.2, 0.25) is 0 Å². The number of aliphatic hydroxyl groups is 3. The van der Waals surface area contributed by atoms with Crippen LogP contribution in [0.25, 0.3) is 0 Å². The van der Waals surface area contributed by atoms with Crippen molar-refractivity contribution in [1.82, 2.24) is 63.8 Å². The molecular weight excluding hydrogens is 1120 g/mol. The zero-order valence-corrected chi connectivity index (χ0v) is 48.8. The largest absolute Gasteiger partial charge is 0.480 e. The third-order valence-electron chi connectivity index (χ3n) is 12.1. The molecule has 1 rings (SSSR count). The predicted molar refractivity (Wildman–Crippen MR) is 304 cm³/mol. The number of aliphatic hydroxyl groups excluding tert-OH is 3. The summed E-state index contributed by atoms with van der Waals surface area (Å²) in [7, 11) is 0. The Kier molecular flexibility index (Phi) is 34.2. The summed E-state index contributed by atoms with van der Waals surface area (Å²) in [6, 6.07) is -3.08. The van der Waals surface area contributed by atoms with Crippen LogP contribution in [0.3, 0.4) is 0 Å². The Labute approximate surface area is 491 Å². The molecule has 0 spiro atoms. The van der Waals surface area contributed by atoms with Gasteiger partial charge in [-0.15, -0.1) is 0 Å². The molecule has 0 aliphatic rings. The molecule has 1 aromatic carbocycles. The van der Waals surface area contributed by atoms with E-state index in [1.165, 1.54) is 0 Å². The lowest BCUT2D eigenvalue weighted by molar-refractivity contribution is -0.144. The van der Waals surface area contributed by atoms with Gasteiger partial charge in [0.15, 0.2) is 12.0 Å². The van der Waals surface area contributed by atoms with Gasteiger partial charge in [-0.1, -0.05) is 71.9 Å². The molecule has 0 saturated heterocycles. The van der Waals surface area contributed by atoms with Crippen LogP contribution in [-0.4, -0.2) is 210 Å². The lowest BCUT2D eigenvalue weighted by atomic mass is 9.99. The Hall–Kier alpha value is -8.56. The molecule has 33 heteroatoms. The zero-order chi connectivity index (χ0) is 64.5. The average Bonchev–Trinajstić information content (AvgIpc) is 3.61. The van der Waals surface area contributed by atoms with Crippen LogP contribution in [0.4, 0.5) is 0 Å². The van der Waals surface area contributed by atoms with Crippen LogP contribution in [0, 0.1) is 17.8 Å². The van der Waals surface area contributed by atoms with Gasteiger partial charge in [0.25, 0.3) is 0 Å². The molecule has 0 aliphatic carbocycles. The van der Waals surface area contributed by atoms with E-state index in [0.29, 0.717) is 5.56 Å². The van der Waals surface area contributed by atoms with Gasteiger partial charge in [-0.05, 0) is 55.9 Å². The van der Waals surface area contributed by atoms with Crippen molar-refractivity contribution in [3.8, 4) is 0 Å². The molecule has 9 atom stereocenters. The molecule has 0 saturated carbocycles. The summed E-state index contributed by atoms with van der Waals surface area (Å²) >= 11 is 0. The SMILES string of the molecule is CC(C)C[C@H](NC(=O)CNC(=O)[C@@H](NC(=O)[C@H](CC(C)C)NC(=O)[C@H](CO)NC(=O)[C@H](CCCN=C(N)N)NC(=O)[C@H](CO)NC(=O)CNC(=O)[C@H](Cc1ccccc1)NC(=O)CN)C(C)C)C(=O)NCC(=O)NCC(=O)N[C@H](C(=O)O)[C@@H](C)O. The fourth-order valence-electron chi connectivity index (χ4n) is 7.69. The number of aliphatic imine (C=N–C) groups is 1. The predicted octanol–water partition coefficient (Wildman–Crippen LogP) is -8.22. The molecule has 33 nitrogen and oxygen atoms in total. The first-order chi connectivity index (χ1) is 39.9. The fraction of sp³-hybridized carbons (Fsp3) is 0.615. The van der Waals surface area contributed by atoms with Crippen LogP contribution >= 0.6 is 0 Å². The van der Waals surface area contributed by atoms with Crippen molar-refractivity contribution in [1.29, 1.82) is 0 Å². The van der Waals surface area contributed by atoms with Crippen molar-refractivity contribution in [3.63, 3.8) is 0 Å². The van der Waals surface area contributed by atoms with Crippen molar-refractivity contribution in [2.24, 2.45) is 39.9 Å². The molecule has 0 aromatic heterocycles. The number of carbonyl (C=O) groups is 13. The van der Waals surface area contributed by atoms with Gasteiger partial charge in [0.05, 0.1) is 52.0 Å². The smallest absolute Gasteiger partial charge is 0.328 e. The molecule has 12 amide bonds.